The molecule has 7 heteroatoms. The first-order chi connectivity index (χ1) is 11.6. The van der Waals surface area contributed by atoms with Gasteiger partial charge in [-0.2, -0.15) is 5.10 Å². The van der Waals surface area contributed by atoms with Gasteiger partial charge in [-0.3, -0.25) is 0 Å². The van der Waals surface area contributed by atoms with Crippen LogP contribution in [0.25, 0.3) is 0 Å². The SMILES string of the molecule is COC(=O)c1cc(Nc2cc(C)n(C3CCCCO3)n2)ccc1Br. The fourth-order valence-electron chi connectivity index (χ4n) is 2.77. The number of hydrogen-bond acceptors (Lipinski definition) is 5. The number of methoxy groups -OCH3 is 1. The fraction of sp³-hybridized carbons (Fsp3) is 0.412. The Labute approximate surface area is 149 Å². The van der Waals surface area contributed by atoms with Gasteiger partial charge in [0.1, 0.15) is 0 Å². The molecule has 0 amide bonds. The van der Waals surface area contributed by atoms with E-state index in [2.05, 4.69) is 26.3 Å². The second kappa shape index (κ2) is 7.36. The van der Waals surface area contributed by atoms with E-state index in [1.165, 1.54) is 7.11 Å². The Morgan fingerprint density at radius 3 is 2.96 bits per heavy atom. The lowest BCUT2D eigenvalue weighted by Gasteiger charge is -2.23. The standard InChI is InChI=1S/C17H20BrN3O3/c1-11-9-15(20-21(11)16-5-3-4-8-24-16)19-12-6-7-14(18)13(10-12)17(22)23-2/h6-7,9-10,16H,3-5,8H2,1-2H3,(H,19,20). The van der Waals surface area contributed by atoms with E-state index in [-0.39, 0.29) is 12.2 Å². The van der Waals surface area contributed by atoms with Crippen molar-refractivity contribution < 1.29 is 14.3 Å². The summed E-state index contributed by atoms with van der Waals surface area (Å²) in [5, 5.41) is 7.83. The van der Waals surface area contributed by atoms with Gasteiger partial charge in [0.05, 0.1) is 12.7 Å². The molecule has 1 aliphatic rings. The molecule has 1 aliphatic heterocycles. The summed E-state index contributed by atoms with van der Waals surface area (Å²) < 4.78 is 13.2. The van der Waals surface area contributed by atoms with E-state index in [1.807, 2.05) is 29.8 Å². The third-order valence-electron chi connectivity index (χ3n) is 3.99. The Hall–Kier alpha value is -1.86. The molecule has 3 rings (SSSR count). The number of benzene rings is 1. The van der Waals surface area contributed by atoms with Gasteiger partial charge < -0.3 is 14.8 Å². The van der Waals surface area contributed by atoms with Crippen LogP contribution in [0.2, 0.25) is 0 Å². The van der Waals surface area contributed by atoms with Crippen molar-refractivity contribution in [1.29, 1.82) is 0 Å². The zero-order valence-corrected chi connectivity index (χ0v) is 15.3. The van der Waals surface area contributed by atoms with Crippen LogP contribution in [0.1, 0.15) is 41.5 Å². The summed E-state index contributed by atoms with van der Waals surface area (Å²) in [6, 6.07) is 7.39. The van der Waals surface area contributed by atoms with Crippen molar-refractivity contribution in [2.75, 3.05) is 19.0 Å². The maximum Gasteiger partial charge on any atom is 0.339 e. The minimum absolute atomic E-state index is 0.00449. The normalized spacial score (nSPS) is 17.5. The highest BCUT2D eigenvalue weighted by Gasteiger charge is 2.19. The largest absolute Gasteiger partial charge is 0.465 e. The summed E-state index contributed by atoms with van der Waals surface area (Å²) in [7, 11) is 1.37. The number of rotatable bonds is 4. The lowest BCUT2D eigenvalue weighted by molar-refractivity contribution is -0.0404. The summed E-state index contributed by atoms with van der Waals surface area (Å²) >= 11 is 3.36. The van der Waals surface area contributed by atoms with Crippen molar-refractivity contribution in [3.63, 3.8) is 0 Å². The molecule has 2 aromatic rings. The number of anilines is 2. The zero-order valence-electron chi connectivity index (χ0n) is 13.7. The molecule has 1 aromatic heterocycles. The minimum Gasteiger partial charge on any atom is -0.465 e. The summed E-state index contributed by atoms with van der Waals surface area (Å²) in [5.74, 6) is 0.336. The first kappa shape index (κ1) is 17.0. The summed E-state index contributed by atoms with van der Waals surface area (Å²) in [6.45, 7) is 2.79. The summed E-state index contributed by atoms with van der Waals surface area (Å²) in [4.78, 5) is 11.8. The van der Waals surface area contributed by atoms with Crippen molar-refractivity contribution in [1.82, 2.24) is 9.78 Å². The van der Waals surface area contributed by atoms with Crippen LogP contribution in [0.4, 0.5) is 11.5 Å². The molecular formula is C17H20BrN3O3. The predicted octanol–water partition coefficient (Wildman–Crippen LogP) is 4.18. The molecule has 6 nitrogen and oxygen atoms in total. The topological polar surface area (TPSA) is 65.4 Å². The zero-order chi connectivity index (χ0) is 17.1. The van der Waals surface area contributed by atoms with Crippen LogP contribution >= 0.6 is 15.9 Å². The quantitative estimate of drug-likeness (QED) is 0.789. The Balaban J connectivity index is 1.80. The van der Waals surface area contributed by atoms with Crippen LogP contribution in [-0.4, -0.2) is 29.5 Å². The van der Waals surface area contributed by atoms with Crippen LogP contribution in [-0.2, 0) is 9.47 Å². The number of aryl methyl sites for hydroxylation is 1. The van der Waals surface area contributed by atoms with Crippen LogP contribution in [0.5, 0.6) is 0 Å². The van der Waals surface area contributed by atoms with Gasteiger partial charge in [-0.15, -0.1) is 0 Å². The summed E-state index contributed by atoms with van der Waals surface area (Å²) in [6.07, 6.45) is 3.25. The molecule has 1 unspecified atom stereocenters. The van der Waals surface area contributed by atoms with E-state index < -0.39 is 0 Å². The second-order valence-electron chi connectivity index (χ2n) is 5.75. The van der Waals surface area contributed by atoms with Gasteiger partial charge >= 0.3 is 5.97 Å². The van der Waals surface area contributed by atoms with Gasteiger partial charge in [-0.25, -0.2) is 9.48 Å². The van der Waals surface area contributed by atoms with E-state index in [1.54, 1.807) is 6.07 Å². The minimum atomic E-state index is -0.386. The van der Waals surface area contributed by atoms with E-state index in [0.717, 1.165) is 43.1 Å². The number of nitrogens with one attached hydrogen (secondary N) is 1. The lowest BCUT2D eigenvalue weighted by Crippen LogP contribution is -2.20. The second-order valence-corrected chi connectivity index (χ2v) is 6.60. The van der Waals surface area contributed by atoms with Gasteiger partial charge in [0, 0.05) is 28.5 Å². The van der Waals surface area contributed by atoms with Gasteiger partial charge in [0.25, 0.3) is 0 Å². The molecule has 0 saturated carbocycles. The number of ether oxygens (including phenoxy) is 2. The predicted molar refractivity (Wildman–Crippen MR) is 94.6 cm³/mol. The molecule has 0 bridgehead atoms. The Morgan fingerprint density at radius 2 is 2.25 bits per heavy atom. The highest BCUT2D eigenvalue weighted by Crippen LogP contribution is 2.27. The van der Waals surface area contributed by atoms with Crippen molar-refractivity contribution >= 4 is 33.4 Å². The Kier molecular flexibility index (Phi) is 5.20. The average molecular weight is 394 g/mol. The molecule has 1 aromatic carbocycles. The van der Waals surface area contributed by atoms with E-state index >= 15 is 0 Å². The van der Waals surface area contributed by atoms with Gasteiger partial charge in [0.15, 0.2) is 12.0 Å². The van der Waals surface area contributed by atoms with E-state index in [0.29, 0.717) is 10.0 Å². The molecule has 0 spiro atoms. The van der Waals surface area contributed by atoms with Crippen molar-refractivity contribution in [2.24, 2.45) is 0 Å². The third-order valence-corrected chi connectivity index (χ3v) is 4.69. The molecule has 128 valence electrons. The molecular weight excluding hydrogens is 374 g/mol. The number of carbonyl (C=O) groups excluding carboxylic acids is 1. The first-order valence-corrected chi connectivity index (χ1v) is 8.70. The number of hydrogen-bond donors (Lipinski definition) is 1. The van der Waals surface area contributed by atoms with Crippen LogP contribution in [0, 0.1) is 6.92 Å². The van der Waals surface area contributed by atoms with E-state index in [4.69, 9.17) is 9.47 Å². The molecule has 1 fully saturated rings. The van der Waals surface area contributed by atoms with E-state index in [9.17, 15) is 4.79 Å². The lowest BCUT2D eigenvalue weighted by atomic mass is 10.2. The van der Waals surface area contributed by atoms with Crippen LogP contribution in [0.3, 0.4) is 0 Å². The molecule has 2 heterocycles. The first-order valence-electron chi connectivity index (χ1n) is 7.91. The van der Waals surface area contributed by atoms with Crippen LogP contribution in [0.15, 0.2) is 28.7 Å². The maximum atomic E-state index is 11.8. The monoisotopic (exact) mass is 393 g/mol. The number of nitrogens with zero attached hydrogens (tertiary/aromatic N) is 2. The molecule has 24 heavy (non-hydrogen) atoms. The van der Waals surface area contributed by atoms with Crippen molar-refractivity contribution in [3.05, 3.63) is 40.0 Å². The number of carbonyl (C=O) groups is 1. The van der Waals surface area contributed by atoms with Gasteiger partial charge in [-0.1, -0.05) is 0 Å². The third kappa shape index (κ3) is 3.62. The Morgan fingerprint density at radius 1 is 1.42 bits per heavy atom. The maximum absolute atomic E-state index is 11.8. The highest BCUT2D eigenvalue weighted by molar-refractivity contribution is 9.10. The smallest absolute Gasteiger partial charge is 0.339 e. The molecule has 0 radical (unpaired) electrons. The summed E-state index contributed by atoms with van der Waals surface area (Å²) in [5.41, 5.74) is 2.27. The molecule has 0 aliphatic carbocycles. The molecule has 1 N–H and O–H groups in total. The number of aromatic nitrogens is 2. The molecule has 1 saturated heterocycles. The highest BCUT2D eigenvalue weighted by atomic mass is 79.9. The van der Waals surface area contributed by atoms with Gasteiger partial charge in [0.2, 0.25) is 0 Å². The Bertz CT molecular complexity index is 739. The average Bonchev–Trinajstić information content (AvgIpc) is 2.97. The van der Waals surface area contributed by atoms with Gasteiger partial charge in [-0.05, 0) is 60.3 Å². The van der Waals surface area contributed by atoms with Crippen molar-refractivity contribution in [3.8, 4) is 0 Å². The number of esters is 1. The van der Waals surface area contributed by atoms with Crippen LogP contribution < -0.4 is 5.32 Å². The number of halogens is 1. The fourth-order valence-corrected chi connectivity index (χ4v) is 3.18. The van der Waals surface area contributed by atoms with Crippen molar-refractivity contribution in [2.45, 2.75) is 32.4 Å². The molecule has 1 atom stereocenters.